The zero-order chi connectivity index (χ0) is 16.0. The first kappa shape index (κ1) is 15.8. The van der Waals surface area contributed by atoms with E-state index < -0.39 is 10.0 Å². The van der Waals surface area contributed by atoms with Gasteiger partial charge in [0.15, 0.2) is 0 Å². The summed E-state index contributed by atoms with van der Waals surface area (Å²) in [6.07, 6.45) is 3.47. The van der Waals surface area contributed by atoms with Crippen LogP contribution in [0.5, 0.6) is 0 Å². The van der Waals surface area contributed by atoms with Gasteiger partial charge in [-0.25, -0.2) is 8.42 Å². The molecule has 1 atom stereocenters. The van der Waals surface area contributed by atoms with Crippen LogP contribution < -0.4 is 4.90 Å². The Labute approximate surface area is 132 Å². The van der Waals surface area contributed by atoms with Crippen molar-refractivity contribution in [3.63, 3.8) is 0 Å². The molecule has 1 aliphatic carbocycles. The van der Waals surface area contributed by atoms with Gasteiger partial charge in [-0.3, -0.25) is 0 Å². The molecule has 0 aromatic heterocycles. The molecule has 1 N–H and O–H groups in total. The zero-order valence-corrected chi connectivity index (χ0v) is 14.0. The number of piperidine rings is 1. The van der Waals surface area contributed by atoms with Crippen LogP contribution in [0.3, 0.4) is 0 Å². The van der Waals surface area contributed by atoms with Gasteiger partial charge in [0, 0.05) is 31.9 Å². The minimum Gasteiger partial charge on any atom is -0.393 e. The van der Waals surface area contributed by atoms with E-state index in [9.17, 15) is 13.5 Å². The van der Waals surface area contributed by atoms with Crippen LogP contribution in [0.1, 0.15) is 32.1 Å². The maximum Gasteiger partial charge on any atom is 0.243 e. The van der Waals surface area contributed by atoms with Gasteiger partial charge in [0.25, 0.3) is 0 Å². The van der Waals surface area contributed by atoms with Crippen molar-refractivity contribution in [3.8, 4) is 0 Å². The molecule has 0 amide bonds. The van der Waals surface area contributed by atoms with Crippen LogP contribution in [0.2, 0.25) is 0 Å². The van der Waals surface area contributed by atoms with Crippen molar-refractivity contribution < 1.29 is 13.5 Å². The second-order valence-corrected chi connectivity index (χ2v) is 8.56. The van der Waals surface area contributed by atoms with E-state index in [0.717, 1.165) is 24.9 Å². The highest BCUT2D eigenvalue weighted by atomic mass is 32.2. The minimum absolute atomic E-state index is 0.348. The van der Waals surface area contributed by atoms with Gasteiger partial charge in [0.1, 0.15) is 0 Å². The van der Waals surface area contributed by atoms with Gasteiger partial charge in [0.05, 0.1) is 11.0 Å². The number of nitrogens with zero attached hydrogens (tertiary/aromatic N) is 2. The highest BCUT2D eigenvalue weighted by Gasteiger charge is 2.51. The number of anilines is 1. The van der Waals surface area contributed by atoms with Crippen LogP contribution in [-0.4, -0.2) is 50.1 Å². The highest BCUT2D eigenvalue weighted by molar-refractivity contribution is 7.89. The molecule has 5 nitrogen and oxygen atoms in total. The molecular weight excluding hydrogens is 300 g/mol. The monoisotopic (exact) mass is 324 g/mol. The quantitative estimate of drug-likeness (QED) is 0.921. The number of aliphatic hydroxyl groups excluding tert-OH is 1. The molecule has 1 spiro atoms. The standard InChI is InChI=1S/C16H24N2O3S/c1-17(2)13-5-3-6-15(11-13)22(20,21)18-10-7-14(19)12-16(18)8-4-9-16/h3,5-6,11,14,19H,4,7-10,12H2,1-2H3. The molecule has 2 fully saturated rings. The van der Waals surface area contributed by atoms with Crippen molar-refractivity contribution in [1.82, 2.24) is 4.31 Å². The normalized spacial score (nSPS) is 25.0. The number of hydrogen-bond donors (Lipinski definition) is 1. The van der Waals surface area contributed by atoms with Crippen molar-refractivity contribution in [2.75, 3.05) is 25.5 Å². The Morgan fingerprint density at radius 2 is 2.05 bits per heavy atom. The fraction of sp³-hybridized carbons (Fsp3) is 0.625. The van der Waals surface area contributed by atoms with Crippen molar-refractivity contribution in [2.45, 2.75) is 48.6 Å². The summed E-state index contributed by atoms with van der Waals surface area (Å²) in [6.45, 7) is 0.412. The van der Waals surface area contributed by atoms with Crippen molar-refractivity contribution >= 4 is 15.7 Å². The molecule has 1 aromatic carbocycles. The van der Waals surface area contributed by atoms with E-state index in [1.54, 1.807) is 22.5 Å². The van der Waals surface area contributed by atoms with E-state index in [1.807, 2.05) is 25.1 Å². The summed E-state index contributed by atoms with van der Waals surface area (Å²) in [4.78, 5) is 2.25. The van der Waals surface area contributed by atoms with Crippen LogP contribution in [0.15, 0.2) is 29.2 Å². The Hall–Kier alpha value is -1.11. The second-order valence-electron chi connectivity index (χ2n) is 6.69. The first-order valence-electron chi connectivity index (χ1n) is 7.83. The smallest absolute Gasteiger partial charge is 0.243 e. The largest absolute Gasteiger partial charge is 0.393 e. The lowest BCUT2D eigenvalue weighted by Crippen LogP contribution is -2.60. The van der Waals surface area contributed by atoms with Crippen LogP contribution in [-0.2, 0) is 10.0 Å². The Morgan fingerprint density at radius 3 is 2.64 bits per heavy atom. The minimum atomic E-state index is -3.51. The summed E-state index contributed by atoms with van der Waals surface area (Å²) < 4.78 is 27.9. The van der Waals surface area contributed by atoms with Crippen LogP contribution in [0.25, 0.3) is 0 Å². The Morgan fingerprint density at radius 1 is 1.32 bits per heavy atom. The van der Waals surface area contributed by atoms with E-state index in [-0.39, 0.29) is 11.6 Å². The summed E-state index contributed by atoms with van der Waals surface area (Å²) >= 11 is 0. The lowest BCUT2D eigenvalue weighted by atomic mass is 9.71. The molecule has 1 unspecified atom stereocenters. The molecule has 6 heteroatoms. The average molecular weight is 324 g/mol. The van der Waals surface area contributed by atoms with Crippen LogP contribution in [0, 0.1) is 0 Å². The number of rotatable bonds is 3. The van der Waals surface area contributed by atoms with Crippen molar-refractivity contribution in [3.05, 3.63) is 24.3 Å². The number of hydrogen-bond acceptors (Lipinski definition) is 4. The molecule has 3 rings (SSSR count). The topological polar surface area (TPSA) is 60.9 Å². The van der Waals surface area contributed by atoms with Gasteiger partial charge >= 0.3 is 0 Å². The lowest BCUT2D eigenvalue weighted by molar-refractivity contribution is -0.0184. The Balaban J connectivity index is 1.97. The average Bonchev–Trinajstić information content (AvgIpc) is 2.45. The van der Waals surface area contributed by atoms with Crippen molar-refractivity contribution in [1.29, 1.82) is 0 Å². The molecule has 1 saturated heterocycles. The summed E-state index contributed by atoms with van der Waals surface area (Å²) in [6, 6.07) is 7.08. The summed E-state index contributed by atoms with van der Waals surface area (Å²) in [5.41, 5.74) is 0.519. The molecular formula is C16H24N2O3S. The second kappa shape index (κ2) is 5.51. The van der Waals surface area contributed by atoms with Gasteiger partial charge in [-0.05, 0) is 50.3 Å². The number of benzene rings is 1. The summed E-state index contributed by atoms with van der Waals surface area (Å²) in [5.74, 6) is 0. The molecule has 1 heterocycles. The molecule has 0 radical (unpaired) electrons. The third-order valence-electron chi connectivity index (χ3n) is 5.02. The molecule has 2 aliphatic rings. The maximum atomic E-state index is 13.1. The molecule has 1 aromatic rings. The fourth-order valence-corrected chi connectivity index (χ4v) is 5.50. The first-order valence-corrected chi connectivity index (χ1v) is 9.27. The van der Waals surface area contributed by atoms with Gasteiger partial charge in [-0.1, -0.05) is 6.07 Å². The zero-order valence-electron chi connectivity index (χ0n) is 13.2. The third kappa shape index (κ3) is 2.53. The number of aliphatic hydroxyl groups is 1. The van der Waals surface area contributed by atoms with Gasteiger partial charge in [0.2, 0.25) is 10.0 Å². The molecule has 122 valence electrons. The van der Waals surface area contributed by atoms with E-state index in [2.05, 4.69) is 0 Å². The predicted molar refractivity (Wildman–Crippen MR) is 86.5 cm³/mol. The molecule has 1 aliphatic heterocycles. The first-order chi connectivity index (χ1) is 10.3. The molecule has 1 saturated carbocycles. The van der Waals surface area contributed by atoms with E-state index in [0.29, 0.717) is 24.3 Å². The highest BCUT2D eigenvalue weighted by Crippen LogP contribution is 2.46. The molecule has 0 bridgehead atoms. The maximum absolute atomic E-state index is 13.1. The van der Waals surface area contributed by atoms with Gasteiger partial charge in [-0.15, -0.1) is 0 Å². The predicted octanol–water partition coefficient (Wildman–Crippen LogP) is 1.82. The SMILES string of the molecule is CN(C)c1cccc(S(=O)(=O)N2CCC(O)CC23CCC3)c1. The third-order valence-corrected chi connectivity index (χ3v) is 7.02. The Bertz CT molecular complexity index is 653. The Kier molecular flexibility index (Phi) is 3.95. The fourth-order valence-electron chi connectivity index (χ4n) is 3.61. The van der Waals surface area contributed by atoms with Crippen LogP contribution in [0.4, 0.5) is 5.69 Å². The van der Waals surface area contributed by atoms with E-state index in [1.165, 1.54) is 0 Å². The summed E-state index contributed by atoms with van der Waals surface area (Å²) in [7, 11) is 0.284. The van der Waals surface area contributed by atoms with Gasteiger partial charge < -0.3 is 10.0 Å². The van der Waals surface area contributed by atoms with E-state index >= 15 is 0 Å². The van der Waals surface area contributed by atoms with Crippen LogP contribution >= 0.6 is 0 Å². The molecule has 22 heavy (non-hydrogen) atoms. The van der Waals surface area contributed by atoms with Gasteiger partial charge in [-0.2, -0.15) is 4.31 Å². The number of sulfonamides is 1. The van der Waals surface area contributed by atoms with Crippen molar-refractivity contribution in [2.24, 2.45) is 0 Å². The van der Waals surface area contributed by atoms with E-state index in [4.69, 9.17) is 0 Å². The summed E-state index contributed by atoms with van der Waals surface area (Å²) in [5, 5.41) is 9.95. The lowest BCUT2D eigenvalue weighted by Gasteiger charge is -2.53.